The average molecular weight is 496 g/mol. The molecular weight excluding hydrogens is 474 g/mol. The summed E-state index contributed by atoms with van der Waals surface area (Å²) in [6, 6.07) is 4.26. The van der Waals surface area contributed by atoms with Crippen molar-refractivity contribution in [3.05, 3.63) is 35.7 Å². The Bertz CT molecular complexity index is 974. The molecule has 8 nitrogen and oxygen atoms in total. The van der Waals surface area contributed by atoms with Gasteiger partial charge in [-0.1, -0.05) is 5.10 Å². The van der Waals surface area contributed by atoms with E-state index in [-0.39, 0.29) is 35.9 Å². The second kappa shape index (κ2) is 8.57. The largest absolute Gasteiger partial charge is 0.522 e. The van der Waals surface area contributed by atoms with Gasteiger partial charge in [0.2, 0.25) is 5.89 Å². The third-order valence-electron chi connectivity index (χ3n) is 5.98. The van der Waals surface area contributed by atoms with Gasteiger partial charge in [0, 0.05) is 19.1 Å². The molecule has 5 rings (SSSR count). The number of nitrogens with one attached hydrogen (secondary N) is 1. The first kappa shape index (κ1) is 24.5. The van der Waals surface area contributed by atoms with E-state index in [4.69, 9.17) is 9.15 Å². The van der Waals surface area contributed by atoms with E-state index in [1.807, 2.05) is 0 Å². The minimum Gasteiger partial charge on any atom is -0.489 e. The summed E-state index contributed by atoms with van der Waals surface area (Å²) >= 11 is 0. The Labute approximate surface area is 189 Å². The fourth-order valence-corrected chi connectivity index (χ4v) is 4.46. The van der Waals surface area contributed by atoms with Crippen molar-refractivity contribution in [1.82, 2.24) is 15.5 Å². The molecular formula is C20H22F6N4O4. The lowest BCUT2D eigenvalue weighted by atomic mass is 9.39. The molecule has 1 atom stereocenters. The van der Waals surface area contributed by atoms with Gasteiger partial charge >= 0.3 is 18.6 Å². The van der Waals surface area contributed by atoms with Crippen LogP contribution in [0.25, 0.3) is 0 Å². The quantitative estimate of drug-likeness (QED) is 0.383. The number of alkyl halides is 6. The highest BCUT2D eigenvalue weighted by Crippen LogP contribution is 2.67. The van der Waals surface area contributed by atoms with Crippen molar-refractivity contribution in [2.45, 2.75) is 49.0 Å². The number of hydrogen-bond donors (Lipinski definition) is 2. The zero-order valence-corrected chi connectivity index (χ0v) is 17.9. The normalized spacial score (nSPS) is 24.8. The molecule has 1 aromatic carbocycles. The molecule has 188 valence electrons. The van der Waals surface area contributed by atoms with Crippen LogP contribution in [0.2, 0.25) is 0 Å². The van der Waals surface area contributed by atoms with Crippen LogP contribution in [0.1, 0.15) is 30.7 Å². The predicted octanol–water partition coefficient (Wildman–Crippen LogP) is 3.22. The van der Waals surface area contributed by atoms with Crippen LogP contribution >= 0.6 is 0 Å². The summed E-state index contributed by atoms with van der Waals surface area (Å²) in [5, 5.41) is 21.2. The molecule has 0 spiro atoms. The van der Waals surface area contributed by atoms with E-state index < -0.39 is 30.9 Å². The fourth-order valence-electron chi connectivity index (χ4n) is 4.46. The summed E-state index contributed by atoms with van der Waals surface area (Å²) < 4.78 is 88.8. The number of aliphatic hydroxyl groups is 1. The standard InChI is InChI=1S/C20H22F6N4O4/c1-30(6-7-33-20(24,25)26)16-29-28-15(34-16)17-9-18(10-17,11-17)27-14(31)8-32-13-4-2-12(3-5-13)19(21,22)23/h2-5,14,27,31H,6-11H2,1H3. The van der Waals surface area contributed by atoms with Crippen molar-refractivity contribution in [2.75, 3.05) is 31.7 Å². The first-order valence-corrected chi connectivity index (χ1v) is 10.3. The van der Waals surface area contributed by atoms with Crippen LogP contribution in [0, 0.1) is 0 Å². The maximum absolute atomic E-state index is 12.6. The lowest BCUT2D eigenvalue weighted by Gasteiger charge is -2.69. The smallest absolute Gasteiger partial charge is 0.489 e. The van der Waals surface area contributed by atoms with Crippen molar-refractivity contribution in [1.29, 1.82) is 0 Å². The van der Waals surface area contributed by atoms with Gasteiger partial charge in [0.05, 0.1) is 17.6 Å². The van der Waals surface area contributed by atoms with Crippen LogP contribution in [0.3, 0.4) is 0 Å². The monoisotopic (exact) mass is 496 g/mol. The van der Waals surface area contributed by atoms with Gasteiger partial charge in [-0.15, -0.1) is 18.3 Å². The molecule has 0 radical (unpaired) electrons. The van der Waals surface area contributed by atoms with E-state index in [1.165, 1.54) is 24.1 Å². The van der Waals surface area contributed by atoms with Gasteiger partial charge in [-0.2, -0.15) is 13.2 Å². The molecule has 1 aromatic heterocycles. The maximum atomic E-state index is 12.6. The number of hydrogen-bond acceptors (Lipinski definition) is 8. The van der Waals surface area contributed by atoms with Crippen LogP contribution in [-0.2, 0) is 16.3 Å². The van der Waals surface area contributed by atoms with Gasteiger partial charge in [0.25, 0.3) is 0 Å². The molecule has 3 saturated carbocycles. The van der Waals surface area contributed by atoms with Crippen LogP contribution in [0.15, 0.2) is 28.7 Å². The number of halogens is 6. The number of rotatable bonds is 10. The van der Waals surface area contributed by atoms with E-state index in [0.29, 0.717) is 25.2 Å². The minimum absolute atomic E-state index is 0.0810. The molecule has 2 aromatic rings. The van der Waals surface area contributed by atoms with Gasteiger partial charge in [0.15, 0.2) is 0 Å². The van der Waals surface area contributed by atoms with Crippen molar-refractivity contribution >= 4 is 6.01 Å². The first-order valence-electron chi connectivity index (χ1n) is 10.3. The molecule has 0 saturated heterocycles. The molecule has 3 aliphatic rings. The van der Waals surface area contributed by atoms with E-state index in [9.17, 15) is 31.4 Å². The number of aliphatic hydroxyl groups excluding tert-OH is 1. The summed E-state index contributed by atoms with van der Waals surface area (Å²) in [5.74, 6) is 0.580. The van der Waals surface area contributed by atoms with Gasteiger partial charge in [-0.05, 0) is 43.5 Å². The second-order valence-electron chi connectivity index (χ2n) is 8.69. The lowest BCUT2D eigenvalue weighted by molar-refractivity contribution is -0.323. The van der Waals surface area contributed by atoms with Crippen LogP contribution in [0.5, 0.6) is 5.75 Å². The highest BCUT2D eigenvalue weighted by atomic mass is 19.4. The fraction of sp³-hybridized carbons (Fsp3) is 0.600. The Hall–Kier alpha value is -2.58. The molecule has 0 amide bonds. The molecule has 34 heavy (non-hydrogen) atoms. The maximum Gasteiger partial charge on any atom is 0.522 e. The van der Waals surface area contributed by atoms with Crippen molar-refractivity contribution in [3.8, 4) is 5.75 Å². The highest BCUT2D eigenvalue weighted by molar-refractivity contribution is 5.36. The van der Waals surface area contributed by atoms with Gasteiger partial charge in [-0.3, -0.25) is 10.1 Å². The van der Waals surface area contributed by atoms with Crippen LogP contribution in [-0.4, -0.2) is 60.2 Å². The van der Waals surface area contributed by atoms with Gasteiger partial charge in [0.1, 0.15) is 18.6 Å². The van der Waals surface area contributed by atoms with Gasteiger partial charge < -0.3 is 19.2 Å². The number of nitrogens with zero attached hydrogens (tertiary/aromatic N) is 3. The molecule has 2 N–H and O–H groups in total. The van der Waals surface area contributed by atoms with E-state index in [2.05, 4.69) is 20.3 Å². The number of benzene rings is 1. The van der Waals surface area contributed by atoms with E-state index >= 15 is 0 Å². The zero-order valence-electron chi connectivity index (χ0n) is 17.9. The molecule has 0 aliphatic heterocycles. The highest BCUT2D eigenvalue weighted by Gasteiger charge is 2.71. The molecule has 3 aliphatic carbocycles. The van der Waals surface area contributed by atoms with Crippen molar-refractivity contribution < 1.29 is 45.3 Å². The Kier molecular flexibility index (Phi) is 6.19. The minimum atomic E-state index is -4.71. The van der Waals surface area contributed by atoms with E-state index in [1.54, 1.807) is 0 Å². The van der Waals surface area contributed by atoms with E-state index in [0.717, 1.165) is 12.1 Å². The SMILES string of the molecule is CN(CCOC(F)(F)F)c1nnc(C23CC(NC(O)COc4ccc(C(F)(F)F)cc4)(C2)C3)o1. The molecule has 1 unspecified atom stereocenters. The average Bonchev–Trinajstić information content (AvgIpc) is 3.16. The number of likely N-dealkylation sites (N-methyl/N-ethyl adjacent to an activating group) is 1. The summed E-state index contributed by atoms with van der Waals surface area (Å²) in [6.07, 6.45) is -8.35. The van der Waals surface area contributed by atoms with Crippen molar-refractivity contribution in [3.63, 3.8) is 0 Å². The Morgan fingerprint density at radius 1 is 1.12 bits per heavy atom. The Balaban J connectivity index is 1.21. The summed E-state index contributed by atoms with van der Waals surface area (Å²) in [5.41, 5.74) is -1.48. The second-order valence-corrected chi connectivity index (χ2v) is 8.69. The predicted molar refractivity (Wildman–Crippen MR) is 104 cm³/mol. The lowest BCUT2D eigenvalue weighted by Crippen LogP contribution is -2.77. The first-order chi connectivity index (χ1) is 15.8. The van der Waals surface area contributed by atoms with Gasteiger partial charge in [-0.25, -0.2) is 0 Å². The topological polar surface area (TPSA) is 92.9 Å². The Morgan fingerprint density at radius 3 is 2.35 bits per heavy atom. The number of anilines is 1. The number of aromatic nitrogens is 2. The molecule has 1 heterocycles. The van der Waals surface area contributed by atoms with Crippen LogP contribution < -0.4 is 15.0 Å². The van der Waals surface area contributed by atoms with Crippen molar-refractivity contribution in [2.24, 2.45) is 0 Å². The molecule has 2 bridgehead atoms. The third kappa shape index (κ3) is 5.23. The molecule has 14 heteroatoms. The molecule has 3 fully saturated rings. The summed E-state index contributed by atoms with van der Waals surface area (Å²) in [6.45, 7) is -0.831. The third-order valence-corrected chi connectivity index (χ3v) is 5.98. The summed E-state index contributed by atoms with van der Waals surface area (Å²) in [7, 11) is 1.51. The zero-order chi connectivity index (χ0) is 24.8. The summed E-state index contributed by atoms with van der Waals surface area (Å²) in [4.78, 5) is 1.37. The van der Waals surface area contributed by atoms with Crippen LogP contribution in [0.4, 0.5) is 32.4 Å². The Morgan fingerprint density at radius 2 is 1.76 bits per heavy atom. The number of ether oxygens (including phenoxy) is 2.